The number of thiazole rings is 1. The molecule has 0 aliphatic heterocycles. The lowest BCUT2D eigenvalue weighted by Gasteiger charge is -2.07. The van der Waals surface area contributed by atoms with Gasteiger partial charge in [-0.3, -0.25) is 10.1 Å². The van der Waals surface area contributed by atoms with Gasteiger partial charge in [0.15, 0.2) is 5.13 Å². The highest BCUT2D eigenvalue weighted by atomic mass is 32.1. The zero-order valence-electron chi connectivity index (χ0n) is 11.2. The zero-order chi connectivity index (χ0) is 13.8. The van der Waals surface area contributed by atoms with Crippen LogP contribution in [0.5, 0.6) is 0 Å². The van der Waals surface area contributed by atoms with Crippen LogP contribution >= 0.6 is 11.3 Å². The first-order valence-electron chi connectivity index (χ1n) is 6.15. The van der Waals surface area contributed by atoms with Crippen LogP contribution in [-0.4, -0.2) is 17.9 Å². The van der Waals surface area contributed by atoms with Gasteiger partial charge in [0.1, 0.15) is 0 Å². The van der Waals surface area contributed by atoms with Crippen LogP contribution in [0, 0.1) is 0 Å². The Bertz CT molecular complexity index is 578. The Balaban J connectivity index is 2.16. The molecule has 0 atom stereocenters. The van der Waals surface area contributed by atoms with E-state index in [4.69, 9.17) is 0 Å². The first-order valence-corrected chi connectivity index (χ1v) is 7.03. The van der Waals surface area contributed by atoms with Crippen molar-refractivity contribution in [3.63, 3.8) is 0 Å². The van der Waals surface area contributed by atoms with E-state index in [-0.39, 0.29) is 5.91 Å². The van der Waals surface area contributed by atoms with Gasteiger partial charge in [-0.1, -0.05) is 26.0 Å². The lowest BCUT2D eigenvalue weighted by atomic mass is 10.1. The molecule has 0 saturated carbocycles. The van der Waals surface area contributed by atoms with Crippen LogP contribution in [0.1, 0.15) is 35.8 Å². The Morgan fingerprint density at radius 2 is 2.05 bits per heavy atom. The molecular formula is C14H17N3OS. The van der Waals surface area contributed by atoms with Crippen LogP contribution in [0.3, 0.4) is 0 Å². The van der Waals surface area contributed by atoms with E-state index in [0.717, 1.165) is 11.4 Å². The van der Waals surface area contributed by atoms with Crippen LogP contribution in [0.2, 0.25) is 0 Å². The molecule has 0 bridgehead atoms. The molecule has 4 nitrogen and oxygen atoms in total. The zero-order valence-corrected chi connectivity index (χ0v) is 12.0. The van der Waals surface area contributed by atoms with Crippen molar-refractivity contribution >= 4 is 28.1 Å². The summed E-state index contributed by atoms with van der Waals surface area (Å²) in [5, 5.41) is 8.46. The van der Waals surface area contributed by atoms with Crippen LogP contribution in [0.4, 0.5) is 10.8 Å². The molecular weight excluding hydrogens is 258 g/mol. The van der Waals surface area contributed by atoms with E-state index in [1.54, 1.807) is 13.1 Å². The number of carbonyl (C=O) groups is 1. The predicted octanol–water partition coefficient (Wildman–Crippen LogP) is 3.56. The highest BCUT2D eigenvalue weighted by molar-refractivity contribution is 7.14. The molecule has 1 aromatic carbocycles. The molecule has 0 aliphatic carbocycles. The van der Waals surface area contributed by atoms with Gasteiger partial charge in [-0.25, -0.2) is 4.98 Å². The third-order valence-corrected chi connectivity index (χ3v) is 3.55. The van der Waals surface area contributed by atoms with Gasteiger partial charge in [0.25, 0.3) is 5.91 Å². The minimum absolute atomic E-state index is 0.144. The van der Waals surface area contributed by atoms with Gasteiger partial charge in [-0.15, -0.1) is 11.3 Å². The highest BCUT2D eigenvalue weighted by Crippen LogP contribution is 2.23. The van der Waals surface area contributed by atoms with E-state index >= 15 is 0 Å². The second-order valence-corrected chi connectivity index (χ2v) is 5.34. The molecule has 19 heavy (non-hydrogen) atoms. The Morgan fingerprint density at radius 1 is 1.32 bits per heavy atom. The Labute approximate surface area is 116 Å². The van der Waals surface area contributed by atoms with Crippen molar-refractivity contribution in [2.75, 3.05) is 17.7 Å². The van der Waals surface area contributed by atoms with E-state index in [1.807, 2.05) is 23.6 Å². The van der Waals surface area contributed by atoms with Gasteiger partial charge < -0.3 is 5.32 Å². The van der Waals surface area contributed by atoms with E-state index < -0.39 is 0 Å². The molecule has 0 unspecified atom stereocenters. The first kappa shape index (κ1) is 13.5. The Hall–Kier alpha value is -1.88. The number of nitrogens with zero attached hydrogens (tertiary/aromatic N) is 1. The van der Waals surface area contributed by atoms with Gasteiger partial charge in [0.05, 0.1) is 11.3 Å². The SMILES string of the molecule is CNc1ccccc1C(=O)Nc1nc(C(C)C)cs1. The Kier molecular flexibility index (Phi) is 4.16. The standard InChI is InChI=1S/C14H17N3OS/c1-9(2)12-8-19-14(16-12)17-13(18)10-6-4-5-7-11(10)15-3/h4-9,15H,1-3H3,(H,16,17,18). The Morgan fingerprint density at radius 3 is 2.68 bits per heavy atom. The number of para-hydroxylation sites is 1. The third-order valence-electron chi connectivity index (χ3n) is 2.77. The van der Waals surface area contributed by atoms with Crippen molar-refractivity contribution in [3.8, 4) is 0 Å². The number of benzene rings is 1. The topological polar surface area (TPSA) is 54.0 Å². The molecule has 0 fully saturated rings. The number of aromatic nitrogens is 1. The van der Waals surface area contributed by atoms with Gasteiger partial charge in [0.2, 0.25) is 0 Å². The summed E-state index contributed by atoms with van der Waals surface area (Å²) in [6.45, 7) is 4.16. The van der Waals surface area contributed by atoms with Gasteiger partial charge >= 0.3 is 0 Å². The summed E-state index contributed by atoms with van der Waals surface area (Å²) in [5.74, 6) is 0.223. The summed E-state index contributed by atoms with van der Waals surface area (Å²) in [6, 6.07) is 7.40. The molecule has 2 aromatic rings. The lowest BCUT2D eigenvalue weighted by Crippen LogP contribution is -2.13. The predicted molar refractivity (Wildman–Crippen MR) is 80.1 cm³/mol. The van der Waals surface area contributed by atoms with E-state index in [9.17, 15) is 4.79 Å². The minimum Gasteiger partial charge on any atom is -0.387 e. The number of amides is 1. The number of hydrogen-bond acceptors (Lipinski definition) is 4. The molecule has 0 radical (unpaired) electrons. The van der Waals surface area contributed by atoms with E-state index in [1.165, 1.54) is 11.3 Å². The average molecular weight is 275 g/mol. The smallest absolute Gasteiger partial charge is 0.259 e. The molecule has 0 spiro atoms. The maximum Gasteiger partial charge on any atom is 0.259 e. The lowest BCUT2D eigenvalue weighted by molar-refractivity contribution is 0.102. The number of carbonyl (C=O) groups excluding carboxylic acids is 1. The van der Waals surface area contributed by atoms with Crippen molar-refractivity contribution in [2.45, 2.75) is 19.8 Å². The molecule has 100 valence electrons. The summed E-state index contributed by atoms with van der Waals surface area (Å²) < 4.78 is 0. The monoisotopic (exact) mass is 275 g/mol. The van der Waals surface area contributed by atoms with Gasteiger partial charge in [-0.05, 0) is 18.1 Å². The minimum atomic E-state index is -0.144. The molecule has 1 amide bonds. The summed E-state index contributed by atoms with van der Waals surface area (Å²) in [6.07, 6.45) is 0. The third kappa shape index (κ3) is 3.12. The molecule has 0 saturated heterocycles. The largest absolute Gasteiger partial charge is 0.387 e. The quantitative estimate of drug-likeness (QED) is 0.897. The van der Waals surface area contributed by atoms with Crippen molar-refractivity contribution in [3.05, 3.63) is 40.9 Å². The summed E-state index contributed by atoms with van der Waals surface area (Å²) in [5.41, 5.74) is 2.43. The van der Waals surface area contributed by atoms with Crippen molar-refractivity contribution in [2.24, 2.45) is 0 Å². The summed E-state index contributed by atoms with van der Waals surface area (Å²) >= 11 is 1.45. The number of nitrogens with one attached hydrogen (secondary N) is 2. The van der Waals surface area contributed by atoms with Crippen LogP contribution < -0.4 is 10.6 Å². The van der Waals surface area contributed by atoms with Crippen molar-refractivity contribution in [1.29, 1.82) is 0 Å². The number of rotatable bonds is 4. The molecule has 2 rings (SSSR count). The average Bonchev–Trinajstić information content (AvgIpc) is 2.87. The fraction of sp³-hybridized carbons (Fsp3) is 0.286. The second-order valence-electron chi connectivity index (χ2n) is 4.48. The maximum atomic E-state index is 12.2. The van der Waals surface area contributed by atoms with E-state index in [0.29, 0.717) is 16.6 Å². The molecule has 2 N–H and O–H groups in total. The normalized spacial score (nSPS) is 10.5. The number of anilines is 2. The molecule has 1 heterocycles. The van der Waals surface area contributed by atoms with Crippen molar-refractivity contribution in [1.82, 2.24) is 4.98 Å². The first-order chi connectivity index (χ1) is 9.11. The maximum absolute atomic E-state index is 12.2. The van der Waals surface area contributed by atoms with Crippen molar-refractivity contribution < 1.29 is 4.79 Å². The second kappa shape index (κ2) is 5.84. The summed E-state index contributed by atoms with van der Waals surface area (Å²) in [7, 11) is 1.80. The van der Waals surface area contributed by atoms with Gasteiger partial charge in [-0.2, -0.15) is 0 Å². The van der Waals surface area contributed by atoms with Crippen LogP contribution in [-0.2, 0) is 0 Å². The fourth-order valence-corrected chi connectivity index (χ4v) is 2.54. The molecule has 0 aliphatic rings. The fourth-order valence-electron chi connectivity index (χ4n) is 1.67. The van der Waals surface area contributed by atoms with E-state index in [2.05, 4.69) is 29.5 Å². The van der Waals surface area contributed by atoms with Gasteiger partial charge in [0, 0.05) is 18.1 Å². The summed E-state index contributed by atoms with van der Waals surface area (Å²) in [4.78, 5) is 16.6. The van der Waals surface area contributed by atoms with Crippen LogP contribution in [0.25, 0.3) is 0 Å². The molecule has 1 aromatic heterocycles. The number of hydrogen-bond donors (Lipinski definition) is 2. The highest BCUT2D eigenvalue weighted by Gasteiger charge is 2.13. The van der Waals surface area contributed by atoms with Crippen LogP contribution in [0.15, 0.2) is 29.6 Å². The molecule has 5 heteroatoms.